The van der Waals surface area contributed by atoms with Crippen LogP contribution in [0.3, 0.4) is 0 Å². The van der Waals surface area contributed by atoms with Crippen LogP contribution in [-0.2, 0) is 0 Å². The maximum atomic E-state index is 11.2. The van der Waals surface area contributed by atoms with Gasteiger partial charge >= 0.3 is 0 Å². The SMILES string of the molecule is CC/[N+]([O-])=C(/C)c1ccccc1. The molecule has 0 aliphatic rings. The molecule has 0 atom stereocenters. The summed E-state index contributed by atoms with van der Waals surface area (Å²) in [6.07, 6.45) is 0. The van der Waals surface area contributed by atoms with Crippen LogP contribution in [0.1, 0.15) is 19.4 Å². The van der Waals surface area contributed by atoms with Gasteiger partial charge in [-0.25, -0.2) is 4.74 Å². The van der Waals surface area contributed by atoms with E-state index >= 15 is 0 Å². The van der Waals surface area contributed by atoms with E-state index in [9.17, 15) is 5.21 Å². The second-order valence-corrected chi connectivity index (χ2v) is 2.65. The van der Waals surface area contributed by atoms with E-state index in [1.807, 2.05) is 44.2 Å². The smallest absolute Gasteiger partial charge is 0.191 e. The summed E-state index contributed by atoms with van der Waals surface area (Å²) in [4.78, 5) is 0. The van der Waals surface area contributed by atoms with Gasteiger partial charge in [0, 0.05) is 12.5 Å². The predicted molar refractivity (Wildman–Crippen MR) is 50.4 cm³/mol. The maximum absolute atomic E-state index is 11.2. The van der Waals surface area contributed by atoms with Crippen LogP contribution in [0.2, 0.25) is 0 Å². The molecule has 0 radical (unpaired) electrons. The molecule has 0 heterocycles. The van der Waals surface area contributed by atoms with Gasteiger partial charge in [-0.05, 0) is 19.1 Å². The van der Waals surface area contributed by atoms with E-state index in [-0.39, 0.29) is 0 Å². The summed E-state index contributed by atoms with van der Waals surface area (Å²) in [5.41, 5.74) is 1.77. The number of hydroxylamine groups is 1. The van der Waals surface area contributed by atoms with Gasteiger partial charge in [0.25, 0.3) is 0 Å². The summed E-state index contributed by atoms with van der Waals surface area (Å²) in [5, 5.41) is 11.2. The van der Waals surface area contributed by atoms with Crippen LogP contribution in [0, 0.1) is 5.21 Å². The number of hydrogen-bond acceptors (Lipinski definition) is 1. The average molecular weight is 163 g/mol. The van der Waals surface area contributed by atoms with Crippen LogP contribution in [0.15, 0.2) is 30.3 Å². The monoisotopic (exact) mass is 163 g/mol. The molecule has 0 bridgehead atoms. The number of hydrogen-bond donors (Lipinski definition) is 0. The molecule has 0 N–H and O–H groups in total. The van der Waals surface area contributed by atoms with Crippen LogP contribution in [0.4, 0.5) is 0 Å². The van der Waals surface area contributed by atoms with Crippen molar-refractivity contribution >= 4 is 5.71 Å². The van der Waals surface area contributed by atoms with E-state index in [1.54, 1.807) is 0 Å². The molecule has 1 aromatic rings. The van der Waals surface area contributed by atoms with Crippen molar-refractivity contribution in [1.29, 1.82) is 0 Å². The molecule has 0 aliphatic heterocycles. The molecule has 0 saturated carbocycles. The Labute approximate surface area is 72.7 Å². The zero-order chi connectivity index (χ0) is 8.97. The van der Waals surface area contributed by atoms with E-state index < -0.39 is 0 Å². The summed E-state index contributed by atoms with van der Waals surface area (Å²) in [7, 11) is 0. The highest BCUT2D eigenvalue weighted by Crippen LogP contribution is 1.99. The van der Waals surface area contributed by atoms with Crippen LogP contribution in [0.5, 0.6) is 0 Å². The van der Waals surface area contributed by atoms with Crippen molar-refractivity contribution in [3.05, 3.63) is 41.1 Å². The van der Waals surface area contributed by atoms with Crippen molar-refractivity contribution in [2.24, 2.45) is 0 Å². The van der Waals surface area contributed by atoms with Crippen molar-refractivity contribution in [1.82, 2.24) is 0 Å². The first-order chi connectivity index (χ1) is 5.75. The minimum absolute atomic E-state index is 0.501. The summed E-state index contributed by atoms with van der Waals surface area (Å²) >= 11 is 0. The van der Waals surface area contributed by atoms with E-state index in [0.29, 0.717) is 6.54 Å². The minimum atomic E-state index is 0.501. The Balaban J connectivity index is 3.00. The van der Waals surface area contributed by atoms with Crippen LogP contribution >= 0.6 is 0 Å². The largest absolute Gasteiger partial charge is 0.624 e. The molecule has 1 rings (SSSR count). The van der Waals surface area contributed by atoms with Crippen molar-refractivity contribution in [3.63, 3.8) is 0 Å². The molecule has 0 aliphatic carbocycles. The lowest BCUT2D eigenvalue weighted by atomic mass is 10.1. The second kappa shape index (κ2) is 3.90. The lowest BCUT2D eigenvalue weighted by Gasteiger charge is -2.04. The van der Waals surface area contributed by atoms with Gasteiger partial charge in [0.15, 0.2) is 12.3 Å². The highest BCUT2D eigenvalue weighted by Gasteiger charge is 2.02. The molecular weight excluding hydrogens is 150 g/mol. The molecule has 0 saturated heterocycles. The van der Waals surface area contributed by atoms with Gasteiger partial charge in [0.05, 0.1) is 0 Å². The van der Waals surface area contributed by atoms with Crippen molar-refractivity contribution in [2.75, 3.05) is 6.54 Å². The molecule has 0 unspecified atom stereocenters. The van der Waals surface area contributed by atoms with E-state index in [1.165, 1.54) is 0 Å². The second-order valence-electron chi connectivity index (χ2n) is 2.65. The van der Waals surface area contributed by atoms with Crippen molar-refractivity contribution < 1.29 is 4.74 Å². The first-order valence-electron chi connectivity index (χ1n) is 4.09. The van der Waals surface area contributed by atoms with Crippen LogP contribution < -0.4 is 0 Å². The quantitative estimate of drug-likeness (QED) is 0.283. The predicted octanol–water partition coefficient (Wildman–Crippen LogP) is 2.03. The third-order valence-electron chi connectivity index (χ3n) is 1.85. The molecule has 0 aromatic heterocycles. The zero-order valence-corrected chi connectivity index (χ0v) is 7.45. The standard InChI is InChI=1S/C10H13NO/c1-3-11(12)9(2)10-7-5-4-6-8-10/h4-8H,3H2,1-2H3/b11-9+. The van der Waals surface area contributed by atoms with Crippen molar-refractivity contribution in [3.8, 4) is 0 Å². The lowest BCUT2D eigenvalue weighted by Crippen LogP contribution is -2.13. The van der Waals surface area contributed by atoms with Gasteiger partial charge < -0.3 is 5.21 Å². The molecular formula is C10H13NO. The van der Waals surface area contributed by atoms with Crippen molar-refractivity contribution in [2.45, 2.75) is 13.8 Å². The van der Waals surface area contributed by atoms with Gasteiger partial charge in [0.1, 0.15) is 0 Å². The normalized spacial score (nSPS) is 12.5. The fourth-order valence-electron chi connectivity index (χ4n) is 1.06. The minimum Gasteiger partial charge on any atom is -0.624 e. The van der Waals surface area contributed by atoms with E-state index in [2.05, 4.69) is 0 Å². The van der Waals surface area contributed by atoms with Gasteiger partial charge in [-0.15, -0.1) is 0 Å². The summed E-state index contributed by atoms with van der Waals surface area (Å²) < 4.78 is 0.995. The Morgan fingerprint density at radius 3 is 2.42 bits per heavy atom. The Morgan fingerprint density at radius 2 is 1.92 bits per heavy atom. The summed E-state index contributed by atoms with van der Waals surface area (Å²) in [6.45, 7) is 4.19. The molecule has 64 valence electrons. The Morgan fingerprint density at radius 1 is 1.33 bits per heavy atom. The third kappa shape index (κ3) is 1.84. The van der Waals surface area contributed by atoms with Gasteiger partial charge in [-0.1, -0.05) is 18.2 Å². The molecule has 2 nitrogen and oxygen atoms in total. The fraction of sp³-hybridized carbons (Fsp3) is 0.300. The molecule has 12 heavy (non-hydrogen) atoms. The van der Waals surface area contributed by atoms with Crippen LogP contribution in [-0.4, -0.2) is 17.0 Å². The fourth-order valence-corrected chi connectivity index (χ4v) is 1.06. The summed E-state index contributed by atoms with van der Waals surface area (Å²) in [5.74, 6) is 0. The molecule has 1 aromatic carbocycles. The Hall–Kier alpha value is -1.31. The van der Waals surface area contributed by atoms with Gasteiger partial charge in [-0.2, -0.15) is 0 Å². The number of nitrogens with zero attached hydrogens (tertiary/aromatic N) is 1. The molecule has 0 amide bonds. The first kappa shape index (κ1) is 8.78. The van der Waals surface area contributed by atoms with Gasteiger partial charge in [0.2, 0.25) is 0 Å². The highest BCUT2D eigenvalue weighted by molar-refractivity contribution is 5.94. The zero-order valence-electron chi connectivity index (χ0n) is 7.45. The van der Waals surface area contributed by atoms with Gasteiger partial charge in [-0.3, -0.25) is 0 Å². The average Bonchev–Trinajstić information content (AvgIpc) is 2.17. The number of rotatable bonds is 2. The topological polar surface area (TPSA) is 26.1 Å². The maximum Gasteiger partial charge on any atom is 0.191 e. The first-order valence-corrected chi connectivity index (χ1v) is 4.09. The van der Waals surface area contributed by atoms with Crippen LogP contribution in [0.25, 0.3) is 0 Å². The Bertz CT molecular complexity index is 277. The Kier molecular flexibility index (Phi) is 2.86. The molecule has 0 spiro atoms. The highest BCUT2D eigenvalue weighted by atomic mass is 16.5. The lowest BCUT2D eigenvalue weighted by molar-refractivity contribution is -0.453. The molecule has 0 fully saturated rings. The van der Waals surface area contributed by atoms with E-state index in [4.69, 9.17) is 0 Å². The summed E-state index contributed by atoms with van der Waals surface area (Å²) in [6, 6.07) is 9.69. The number of benzene rings is 1. The molecule has 2 heteroatoms. The van der Waals surface area contributed by atoms with E-state index in [0.717, 1.165) is 16.0 Å². The third-order valence-corrected chi connectivity index (χ3v) is 1.85.